The number of hydrogen-bond donors (Lipinski definition) is 1. The number of aryl methyl sites for hydroxylation is 1. The number of ether oxygens (including phenoxy) is 2. The lowest BCUT2D eigenvalue weighted by Crippen LogP contribution is -2.47. The molecule has 1 amide bonds. The highest BCUT2D eigenvalue weighted by atomic mass is 32.1. The first-order valence-electron chi connectivity index (χ1n) is 8.61. The maximum absolute atomic E-state index is 12.3. The third kappa shape index (κ3) is 4.81. The Morgan fingerprint density at radius 2 is 2.00 bits per heavy atom. The van der Waals surface area contributed by atoms with Crippen LogP contribution in [0, 0.1) is 5.92 Å². The lowest BCUT2D eigenvalue weighted by Gasteiger charge is -2.21. The van der Waals surface area contributed by atoms with E-state index in [-0.39, 0.29) is 5.92 Å². The summed E-state index contributed by atoms with van der Waals surface area (Å²) in [6.07, 6.45) is 4.81. The van der Waals surface area contributed by atoms with Crippen LogP contribution < -0.4 is 5.32 Å². The van der Waals surface area contributed by atoms with Gasteiger partial charge in [-0.3, -0.25) is 4.79 Å². The number of methoxy groups -OCH3 is 1. The van der Waals surface area contributed by atoms with Gasteiger partial charge in [0, 0.05) is 10.3 Å². The van der Waals surface area contributed by atoms with E-state index in [0.29, 0.717) is 12.0 Å². The minimum atomic E-state index is -0.741. The summed E-state index contributed by atoms with van der Waals surface area (Å²) >= 11 is 1.58. The average molecular weight is 367 g/mol. The number of esters is 2. The van der Waals surface area contributed by atoms with Crippen LogP contribution in [0.2, 0.25) is 0 Å². The second-order valence-electron chi connectivity index (χ2n) is 6.29. The second-order valence-corrected chi connectivity index (χ2v) is 7.25. The zero-order chi connectivity index (χ0) is 18.4. The molecule has 0 bridgehead atoms. The summed E-state index contributed by atoms with van der Waals surface area (Å²) < 4.78 is 9.87. The van der Waals surface area contributed by atoms with Crippen LogP contribution in [0.5, 0.6) is 0 Å². The topological polar surface area (TPSA) is 81.7 Å². The number of amides is 1. The van der Waals surface area contributed by atoms with Crippen molar-refractivity contribution in [3.63, 3.8) is 0 Å². The Labute approximate surface area is 151 Å². The lowest BCUT2D eigenvalue weighted by molar-refractivity contribution is -0.147. The quantitative estimate of drug-likeness (QED) is 0.749. The Morgan fingerprint density at radius 3 is 2.68 bits per heavy atom. The van der Waals surface area contributed by atoms with Gasteiger partial charge in [0.2, 0.25) is 0 Å². The van der Waals surface area contributed by atoms with Gasteiger partial charge in [0.1, 0.15) is 6.04 Å². The highest BCUT2D eigenvalue weighted by Crippen LogP contribution is 2.30. The number of hydrogen-bond acceptors (Lipinski definition) is 6. The van der Waals surface area contributed by atoms with Crippen LogP contribution in [0.4, 0.5) is 0 Å². The molecular weight excluding hydrogens is 342 g/mol. The number of nitrogens with one attached hydrogen (secondary N) is 1. The predicted octanol–water partition coefficient (Wildman–Crippen LogP) is 2.49. The van der Waals surface area contributed by atoms with Gasteiger partial charge in [-0.25, -0.2) is 9.59 Å². The lowest BCUT2D eigenvalue weighted by atomic mass is 9.96. The summed E-state index contributed by atoms with van der Waals surface area (Å²) in [4.78, 5) is 37.4. The minimum absolute atomic E-state index is 0.0732. The van der Waals surface area contributed by atoms with Gasteiger partial charge in [0.15, 0.2) is 6.61 Å². The third-order valence-electron chi connectivity index (χ3n) is 4.60. The van der Waals surface area contributed by atoms with E-state index in [1.165, 1.54) is 12.0 Å². The molecule has 2 rings (SSSR count). The number of carbonyl (C=O) groups excluding carboxylic acids is 3. The number of fused-ring (bicyclic) bond motifs is 1. The van der Waals surface area contributed by atoms with Gasteiger partial charge in [0.25, 0.3) is 5.91 Å². The van der Waals surface area contributed by atoms with Crippen LogP contribution in [0.3, 0.4) is 0 Å². The molecule has 1 aliphatic carbocycles. The van der Waals surface area contributed by atoms with Crippen molar-refractivity contribution in [1.82, 2.24) is 5.32 Å². The van der Waals surface area contributed by atoms with E-state index in [1.54, 1.807) is 11.3 Å². The largest absolute Gasteiger partial charge is 0.467 e. The number of carbonyl (C=O) groups is 3. The molecular formula is C18H25NO5S. The highest BCUT2D eigenvalue weighted by Gasteiger charge is 2.27. The predicted molar refractivity (Wildman–Crippen MR) is 94.6 cm³/mol. The first-order chi connectivity index (χ1) is 12.0. The molecule has 1 aromatic heterocycles. The minimum Gasteiger partial charge on any atom is -0.467 e. The normalized spacial score (nSPS) is 15.6. The van der Waals surface area contributed by atoms with Crippen molar-refractivity contribution >= 4 is 29.2 Å². The van der Waals surface area contributed by atoms with E-state index in [1.807, 2.05) is 19.2 Å². The van der Waals surface area contributed by atoms with Crippen molar-refractivity contribution in [2.45, 2.75) is 52.0 Å². The van der Waals surface area contributed by atoms with E-state index < -0.39 is 30.5 Å². The Balaban J connectivity index is 1.91. The van der Waals surface area contributed by atoms with Crippen LogP contribution in [0.15, 0.2) is 5.38 Å². The summed E-state index contributed by atoms with van der Waals surface area (Å²) in [5.41, 5.74) is 1.63. The summed E-state index contributed by atoms with van der Waals surface area (Å²) in [6, 6.07) is -0.741. The van der Waals surface area contributed by atoms with Crippen molar-refractivity contribution in [2.24, 2.45) is 5.92 Å². The fourth-order valence-corrected chi connectivity index (χ4v) is 4.00. The Kier molecular flexibility index (Phi) is 6.99. The van der Waals surface area contributed by atoms with Gasteiger partial charge in [-0.05, 0) is 37.2 Å². The molecule has 0 aromatic carbocycles. The average Bonchev–Trinajstić information content (AvgIpc) is 3.07. The smallest absolute Gasteiger partial charge is 0.339 e. The molecule has 0 fully saturated rings. The zero-order valence-corrected chi connectivity index (χ0v) is 15.7. The van der Waals surface area contributed by atoms with Crippen molar-refractivity contribution < 1.29 is 23.9 Å². The summed E-state index contributed by atoms with van der Waals surface area (Å²) in [6.45, 7) is 3.37. The van der Waals surface area contributed by atoms with Crippen LogP contribution in [0.25, 0.3) is 0 Å². The van der Waals surface area contributed by atoms with E-state index in [4.69, 9.17) is 9.47 Å². The second kappa shape index (κ2) is 8.99. The van der Waals surface area contributed by atoms with Crippen LogP contribution >= 0.6 is 11.3 Å². The molecule has 6 nitrogen and oxygen atoms in total. The molecule has 0 radical (unpaired) electrons. The summed E-state index contributed by atoms with van der Waals surface area (Å²) in [7, 11) is 1.28. The van der Waals surface area contributed by atoms with Gasteiger partial charge in [-0.1, -0.05) is 20.3 Å². The third-order valence-corrected chi connectivity index (χ3v) is 5.69. The number of thiophene rings is 1. The van der Waals surface area contributed by atoms with Gasteiger partial charge < -0.3 is 14.8 Å². The maximum Gasteiger partial charge on any atom is 0.339 e. The first-order valence-corrected chi connectivity index (χ1v) is 9.49. The van der Waals surface area contributed by atoms with E-state index in [2.05, 4.69) is 5.32 Å². The molecule has 2 atom stereocenters. The Hall–Kier alpha value is -1.89. The van der Waals surface area contributed by atoms with E-state index in [0.717, 1.165) is 31.2 Å². The molecule has 1 aliphatic rings. The van der Waals surface area contributed by atoms with Crippen LogP contribution in [-0.4, -0.2) is 37.6 Å². The highest BCUT2D eigenvalue weighted by molar-refractivity contribution is 7.10. The van der Waals surface area contributed by atoms with Crippen molar-refractivity contribution in [1.29, 1.82) is 0 Å². The molecule has 138 valence electrons. The molecule has 0 saturated heterocycles. The Morgan fingerprint density at radius 1 is 1.28 bits per heavy atom. The molecule has 0 saturated carbocycles. The molecule has 2 unspecified atom stereocenters. The fourth-order valence-electron chi connectivity index (χ4n) is 2.89. The van der Waals surface area contributed by atoms with Crippen LogP contribution in [-0.2, 0) is 31.9 Å². The molecule has 0 spiro atoms. The van der Waals surface area contributed by atoms with Crippen molar-refractivity contribution in [3.05, 3.63) is 21.4 Å². The Bertz CT molecular complexity index is 639. The molecule has 25 heavy (non-hydrogen) atoms. The summed E-state index contributed by atoms with van der Waals surface area (Å²) in [5, 5.41) is 4.41. The zero-order valence-electron chi connectivity index (χ0n) is 14.9. The standard InChI is InChI=1S/C18H25NO5S/c1-4-11(2)16(18(22)23-3)19-15(20)9-24-17(21)13-10-25-14-8-6-5-7-12(13)14/h10-11,16H,4-9H2,1-3H3,(H,19,20). The van der Waals surface area contributed by atoms with Gasteiger partial charge in [-0.15, -0.1) is 11.3 Å². The SMILES string of the molecule is CCC(C)C(NC(=O)COC(=O)c1csc2c1CCCC2)C(=O)OC. The molecule has 1 heterocycles. The van der Waals surface area contributed by atoms with Crippen molar-refractivity contribution in [2.75, 3.05) is 13.7 Å². The van der Waals surface area contributed by atoms with Crippen molar-refractivity contribution in [3.8, 4) is 0 Å². The summed E-state index contributed by atoms with van der Waals surface area (Å²) in [5.74, 6) is -1.56. The molecule has 1 aromatic rings. The molecule has 0 aliphatic heterocycles. The molecule has 7 heteroatoms. The molecule has 1 N–H and O–H groups in total. The van der Waals surface area contributed by atoms with E-state index in [9.17, 15) is 14.4 Å². The van der Waals surface area contributed by atoms with Gasteiger partial charge >= 0.3 is 11.9 Å². The van der Waals surface area contributed by atoms with Crippen LogP contribution in [0.1, 0.15) is 53.9 Å². The fraction of sp³-hybridized carbons (Fsp3) is 0.611. The van der Waals surface area contributed by atoms with E-state index >= 15 is 0 Å². The van der Waals surface area contributed by atoms with Gasteiger partial charge in [0.05, 0.1) is 12.7 Å². The first kappa shape index (κ1) is 19.4. The maximum atomic E-state index is 12.3. The van der Waals surface area contributed by atoms with Gasteiger partial charge in [-0.2, -0.15) is 0 Å². The number of rotatable bonds is 7. The monoisotopic (exact) mass is 367 g/mol.